The molecule has 0 aliphatic carbocycles. The third-order valence-corrected chi connectivity index (χ3v) is 3.72. The normalized spacial score (nSPS) is 14.9. The molecule has 1 aliphatic rings. The number of halogens is 1. The molecule has 0 bridgehead atoms. The van der Waals surface area contributed by atoms with Gasteiger partial charge in [0.1, 0.15) is 11.5 Å². The van der Waals surface area contributed by atoms with Crippen LogP contribution in [0.25, 0.3) is 6.08 Å². The standard InChI is InChI=1S/C18H15ClO3/c1-3-21-15-8-7-14-17(20)16(22-18(14)11(15)2)10-12-5-4-6-13(19)9-12/h4-10H,3H2,1-2H3/b16-10-. The number of Topliss-reactive ketones (excluding diaryl/α,β-unsaturated/α-hetero) is 1. The summed E-state index contributed by atoms with van der Waals surface area (Å²) in [7, 11) is 0. The van der Waals surface area contributed by atoms with Crippen molar-refractivity contribution in [3.8, 4) is 11.5 Å². The van der Waals surface area contributed by atoms with Crippen LogP contribution in [0, 0.1) is 6.92 Å². The topological polar surface area (TPSA) is 35.5 Å². The molecule has 0 aromatic heterocycles. The fourth-order valence-electron chi connectivity index (χ4n) is 2.43. The van der Waals surface area contributed by atoms with Crippen molar-refractivity contribution in [3.05, 3.63) is 63.9 Å². The number of ether oxygens (including phenoxy) is 2. The summed E-state index contributed by atoms with van der Waals surface area (Å²) in [6, 6.07) is 10.8. The predicted molar refractivity (Wildman–Crippen MR) is 86.7 cm³/mol. The van der Waals surface area contributed by atoms with Crippen LogP contribution < -0.4 is 9.47 Å². The van der Waals surface area contributed by atoms with Gasteiger partial charge in [-0.15, -0.1) is 0 Å². The van der Waals surface area contributed by atoms with Gasteiger partial charge in [-0.2, -0.15) is 0 Å². The first-order valence-corrected chi connectivity index (χ1v) is 7.44. The lowest BCUT2D eigenvalue weighted by Gasteiger charge is -2.09. The third-order valence-electron chi connectivity index (χ3n) is 3.48. The lowest BCUT2D eigenvalue weighted by molar-refractivity contribution is 0.101. The number of carbonyl (C=O) groups excluding carboxylic acids is 1. The van der Waals surface area contributed by atoms with E-state index in [2.05, 4.69) is 0 Å². The summed E-state index contributed by atoms with van der Waals surface area (Å²) in [5, 5.41) is 0.618. The van der Waals surface area contributed by atoms with Gasteiger partial charge in [0.05, 0.1) is 12.2 Å². The average Bonchev–Trinajstić information content (AvgIpc) is 2.80. The zero-order valence-electron chi connectivity index (χ0n) is 12.4. The van der Waals surface area contributed by atoms with Crippen LogP contribution in [0.15, 0.2) is 42.2 Å². The first kappa shape index (κ1) is 14.7. The summed E-state index contributed by atoms with van der Waals surface area (Å²) >= 11 is 5.97. The molecule has 1 aliphatic heterocycles. The summed E-state index contributed by atoms with van der Waals surface area (Å²) in [6.45, 7) is 4.38. The monoisotopic (exact) mass is 314 g/mol. The first-order valence-electron chi connectivity index (χ1n) is 7.06. The van der Waals surface area contributed by atoms with Crippen LogP contribution in [-0.4, -0.2) is 12.4 Å². The van der Waals surface area contributed by atoms with E-state index in [4.69, 9.17) is 21.1 Å². The quantitative estimate of drug-likeness (QED) is 0.773. The van der Waals surface area contributed by atoms with Gasteiger partial charge in [0.25, 0.3) is 0 Å². The van der Waals surface area contributed by atoms with Crippen molar-refractivity contribution in [1.82, 2.24) is 0 Å². The number of hydrogen-bond acceptors (Lipinski definition) is 3. The van der Waals surface area contributed by atoms with Crippen molar-refractivity contribution in [2.45, 2.75) is 13.8 Å². The lowest BCUT2D eigenvalue weighted by Crippen LogP contribution is -1.97. The molecule has 22 heavy (non-hydrogen) atoms. The highest BCUT2D eigenvalue weighted by atomic mass is 35.5. The Morgan fingerprint density at radius 3 is 2.82 bits per heavy atom. The van der Waals surface area contributed by atoms with Crippen LogP contribution in [0.1, 0.15) is 28.4 Å². The van der Waals surface area contributed by atoms with Gasteiger partial charge in [0.2, 0.25) is 5.78 Å². The highest BCUT2D eigenvalue weighted by Gasteiger charge is 2.30. The number of allylic oxidation sites excluding steroid dienone is 1. The molecule has 0 amide bonds. The van der Waals surface area contributed by atoms with Crippen LogP contribution in [-0.2, 0) is 0 Å². The predicted octanol–water partition coefficient (Wildman–Crippen LogP) is 4.66. The fraction of sp³-hybridized carbons (Fsp3) is 0.167. The average molecular weight is 315 g/mol. The van der Waals surface area contributed by atoms with Gasteiger partial charge in [-0.1, -0.05) is 23.7 Å². The Morgan fingerprint density at radius 2 is 2.09 bits per heavy atom. The zero-order valence-corrected chi connectivity index (χ0v) is 13.1. The van der Waals surface area contributed by atoms with Crippen molar-refractivity contribution >= 4 is 23.5 Å². The number of rotatable bonds is 3. The molecule has 0 radical (unpaired) electrons. The van der Waals surface area contributed by atoms with E-state index in [0.29, 0.717) is 28.7 Å². The SMILES string of the molecule is CCOc1ccc2c(c1C)O/C(=C\c1cccc(Cl)c1)C2=O. The zero-order chi connectivity index (χ0) is 15.7. The van der Waals surface area contributed by atoms with E-state index in [9.17, 15) is 4.79 Å². The Morgan fingerprint density at radius 1 is 1.27 bits per heavy atom. The van der Waals surface area contributed by atoms with Crippen molar-refractivity contribution in [3.63, 3.8) is 0 Å². The van der Waals surface area contributed by atoms with Gasteiger partial charge < -0.3 is 9.47 Å². The number of carbonyl (C=O) groups is 1. The van der Waals surface area contributed by atoms with Crippen molar-refractivity contribution < 1.29 is 14.3 Å². The molecule has 3 nitrogen and oxygen atoms in total. The van der Waals surface area contributed by atoms with Crippen molar-refractivity contribution in [2.75, 3.05) is 6.61 Å². The Kier molecular flexibility index (Phi) is 3.90. The molecular formula is C18H15ClO3. The summed E-state index contributed by atoms with van der Waals surface area (Å²) in [6.07, 6.45) is 1.70. The molecule has 0 spiro atoms. The van der Waals surface area contributed by atoms with Crippen LogP contribution in [0.2, 0.25) is 5.02 Å². The molecule has 2 aromatic carbocycles. The summed E-state index contributed by atoms with van der Waals surface area (Å²) < 4.78 is 11.3. The Hall–Kier alpha value is -2.26. The van der Waals surface area contributed by atoms with E-state index in [0.717, 1.165) is 16.9 Å². The highest BCUT2D eigenvalue weighted by Crippen LogP contribution is 2.39. The Balaban J connectivity index is 1.99. The van der Waals surface area contributed by atoms with Crippen LogP contribution in [0.5, 0.6) is 11.5 Å². The van der Waals surface area contributed by atoms with Crippen LogP contribution >= 0.6 is 11.6 Å². The minimum Gasteiger partial charge on any atom is -0.493 e. The molecule has 2 aromatic rings. The molecule has 4 heteroatoms. The van der Waals surface area contributed by atoms with E-state index in [1.54, 1.807) is 30.3 Å². The van der Waals surface area contributed by atoms with Gasteiger partial charge in [-0.3, -0.25) is 4.79 Å². The second-order valence-electron chi connectivity index (χ2n) is 4.99. The van der Waals surface area contributed by atoms with Gasteiger partial charge in [-0.05, 0) is 49.8 Å². The maximum atomic E-state index is 12.4. The number of benzene rings is 2. The molecule has 0 saturated carbocycles. The second-order valence-corrected chi connectivity index (χ2v) is 5.43. The summed E-state index contributed by atoms with van der Waals surface area (Å²) in [5.74, 6) is 1.48. The maximum Gasteiger partial charge on any atom is 0.231 e. The summed E-state index contributed by atoms with van der Waals surface area (Å²) in [4.78, 5) is 12.4. The van der Waals surface area contributed by atoms with E-state index in [1.807, 2.05) is 26.0 Å². The Labute approximate surface area is 134 Å². The van der Waals surface area contributed by atoms with Crippen molar-refractivity contribution in [1.29, 1.82) is 0 Å². The van der Waals surface area contributed by atoms with Crippen molar-refractivity contribution in [2.24, 2.45) is 0 Å². The smallest absolute Gasteiger partial charge is 0.231 e. The minimum atomic E-state index is -0.124. The molecule has 0 saturated heterocycles. The molecule has 3 rings (SSSR count). The third kappa shape index (κ3) is 2.60. The molecular weight excluding hydrogens is 300 g/mol. The van der Waals surface area contributed by atoms with Gasteiger partial charge >= 0.3 is 0 Å². The number of fused-ring (bicyclic) bond motifs is 1. The maximum absolute atomic E-state index is 12.4. The van der Waals surface area contributed by atoms with E-state index in [-0.39, 0.29) is 5.78 Å². The van der Waals surface area contributed by atoms with Gasteiger partial charge in [-0.25, -0.2) is 0 Å². The lowest BCUT2D eigenvalue weighted by atomic mass is 10.1. The summed E-state index contributed by atoms with van der Waals surface area (Å²) in [5.41, 5.74) is 2.22. The van der Waals surface area contributed by atoms with Gasteiger partial charge in [0.15, 0.2) is 5.76 Å². The molecule has 0 unspecified atom stereocenters. The highest BCUT2D eigenvalue weighted by molar-refractivity contribution is 6.30. The molecule has 112 valence electrons. The molecule has 1 heterocycles. The van der Waals surface area contributed by atoms with E-state index in [1.165, 1.54) is 0 Å². The van der Waals surface area contributed by atoms with Crippen LogP contribution in [0.3, 0.4) is 0 Å². The largest absolute Gasteiger partial charge is 0.493 e. The second kappa shape index (κ2) is 5.85. The van der Waals surface area contributed by atoms with Gasteiger partial charge in [0, 0.05) is 10.6 Å². The molecule has 0 atom stereocenters. The van der Waals surface area contributed by atoms with E-state index < -0.39 is 0 Å². The molecule has 0 fully saturated rings. The number of ketones is 1. The fourth-order valence-corrected chi connectivity index (χ4v) is 2.63. The first-order chi connectivity index (χ1) is 10.6. The van der Waals surface area contributed by atoms with E-state index >= 15 is 0 Å². The molecule has 0 N–H and O–H groups in total. The Bertz CT molecular complexity index is 778. The number of hydrogen-bond donors (Lipinski definition) is 0. The van der Waals surface area contributed by atoms with Crippen LogP contribution in [0.4, 0.5) is 0 Å². The minimum absolute atomic E-state index is 0.124.